The number of hydrogen-bond donors (Lipinski definition) is 3. The van der Waals surface area contributed by atoms with Crippen LogP contribution in [0.15, 0.2) is 0 Å². The average Bonchev–Trinajstić information content (AvgIpc) is 2.79. The van der Waals surface area contributed by atoms with Gasteiger partial charge in [-0.1, -0.05) is 46.0 Å². The summed E-state index contributed by atoms with van der Waals surface area (Å²) in [6.07, 6.45) is 11.3. The van der Waals surface area contributed by atoms with Crippen molar-refractivity contribution in [1.82, 2.24) is 15.6 Å². The highest BCUT2D eigenvalue weighted by Crippen LogP contribution is 2.31. The van der Waals surface area contributed by atoms with E-state index < -0.39 is 0 Å². The second-order valence-electron chi connectivity index (χ2n) is 7.92. The summed E-state index contributed by atoms with van der Waals surface area (Å²) in [6.45, 7) is 9.13. The van der Waals surface area contributed by atoms with Gasteiger partial charge >= 0.3 is 0 Å². The van der Waals surface area contributed by atoms with E-state index in [0.29, 0.717) is 18.1 Å². The highest BCUT2D eigenvalue weighted by atomic mass is 28.2. The zero-order chi connectivity index (χ0) is 15.3. The van der Waals surface area contributed by atoms with Crippen molar-refractivity contribution in [1.29, 1.82) is 0 Å². The minimum Gasteiger partial charge on any atom is -0.324 e. The van der Waals surface area contributed by atoms with Gasteiger partial charge in [0.05, 0.1) is 15.3 Å². The molecule has 0 aromatic rings. The van der Waals surface area contributed by atoms with Crippen LogP contribution in [0.2, 0.25) is 5.54 Å². The largest absolute Gasteiger partial charge is 0.324 e. The molecule has 124 valence electrons. The minimum atomic E-state index is -0.182. The van der Waals surface area contributed by atoms with Crippen LogP contribution in [0.25, 0.3) is 0 Å². The van der Waals surface area contributed by atoms with Gasteiger partial charge in [0.25, 0.3) is 0 Å². The molecule has 0 saturated heterocycles. The third kappa shape index (κ3) is 5.05. The van der Waals surface area contributed by atoms with E-state index in [2.05, 4.69) is 43.3 Å². The molecule has 3 nitrogen and oxygen atoms in total. The molecule has 0 aromatic heterocycles. The predicted octanol–water partition coefficient (Wildman–Crippen LogP) is 2.66. The van der Waals surface area contributed by atoms with Crippen LogP contribution in [0.1, 0.15) is 79.1 Å². The number of nitrogens with one attached hydrogen (secondary N) is 3. The molecule has 0 heterocycles. The van der Waals surface area contributed by atoms with Crippen LogP contribution in [-0.4, -0.2) is 33.5 Å². The fourth-order valence-corrected chi connectivity index (χ4v) is 6.47. The quantitative estimate of drug-likeness (QED) is 0.500. The smallest absolute Gasteiger partial charge is 0.0968 e. The van der Waals surface area contributed by atoms with E-state index in [0.717, 1.165) is 5.54 Å². The highest BCUT2D eigenvalue weighted by Gasteiger charge is 2.43. The van der Waals surface area contributed by atoms with Gasteiger partial charge in [0, 0.05) is 18.1 Å². The van der Waals surface area contributed by atoms with Crippen molar-refractivity contribution in [2.75, 3.05) is 0 Å². The molecule has 2 atom stereocenters. The van der Waals surface area contributed by atoms with Crippen LogP contribution in [0.5, 0.6) is 0 Å². The van der Waals surface area contributed by atoms with Gasteiger partial charge < -0.3 is 10.3 Å². The summed E-state index contributed by atoms with van der Waals surface area (Å²) in [5.41, 5.74) is 1.20. The molecule has 4 heteroatoms. The second kappa shape index (κ2) is 8.09. The number of hydrogen-bond acceptors (Lipinski definition) is 3. The van der Waals surface area contributed by atoms with Gasteiger partial charge in [0.15, 0.2) is 0 Å². The molecule has 0 spiro atoms. The van der Waals surface area contributed by atoms with E-state index in [9.17, 15) is 0 Å². The Morgan fingerprint density at radius 1 is 0.905 bits per heavy atom. The molecular formula is C17H37N3Si. The molecule has 2 rings (SSSR count). The van der Waals surface area contributed by atoms with E-state index in [4.69, 9.17) is 0 Å². The van der Waals surface area contributed by atoms with Gasteiger partial charge in [-0.2, -0.15) is 0 Å². The summed E-state index contributed by atoms with van der Waals surface area (Å²) in [4.78, 5) is 4.12. The van der Waals surface area contributed by atoms with E-state index in [-0.39, 0.29) is 15.3 Å². The summed E-state index contributed by atoms with van der Waals surface area (Å²) in [5.74, 6) is 0. The second-order valence-corrected chi connectivity index (χ2v) is 9.84. The van der Waals surface area contributed by atoms with Crippen molar-refractivity contribution < 1.29 is 0 Å². The molecule has 3 N–H and O–H groups in total. The van der Waals surface area contributed by atoms with Gasteiger partial charge in [0.1, 0.15) is 0 Å². The van der Waals surface area contributed by atoms with Crippen LogP contribution >= 0.6 is 0 Å². The Kier molecular flexibility index (Phi) is 6.72. The minimum absolute atomic E-state index is 0.169. The van der Waals surface area contributed by atoms with Crippen molar-refractivity contribution in [3.8, 4) is 0 Å². The highest BCUT2D eigenvalue weighted by molar-refractivity contribution is 6.34. The van der Waals surface area contributed by atoms with Gasteiger partial charge in [-0.15, -0.1) is 0 Å². The molecule has 0 radical (unpaired) electrons. The molecule has 0 aromatic carbocycles. The van der Waals surface area contributed by atoms with Crippen LogP contribution < -0.4 is 15.6 Å². The van der Waals surface area contributed by atoms with Gasteiger partial charge in [-0.25, -0.2) is 0 Å². The Morgan fingerprint density at radius 2 is 1.62 bits per heavy atom. The Balaban J connectivity index is 1.97. The molecule has 2 saturated carbocycles. The van der Waals surface area contributed by atoms with Crippen molar-refractivity contribution in [3.05, 3.63) is 0 Å². The summed E-state index contributed by atoms with van der Waals surface area (Å²) in [7, 11) is -0.182. The van der Waals surface area contributed by atoms with Crippen molar-refractivity contribution in [2.24, 2.45) is 0 Å². The first kappa shape index (κ1) is 17.5. The Labute approximate surface area is 134 Å². The predicted molar refractivity (Wildman–Crippen MR) is 95.4 cm³/mol. The molecule has 2 fully saturated rings. The Bertz CT molecular complexity index is 302. The zero-order valence-corrected chi connectivity index (χ0v) is 16.1. The lowest BCUT2D eigenvalue weighted by molar-refractivity contribution is 0.219. The maximum atomic E-state index is 4.12. The lowest BCUT2D eigenvalue weighted by atomic mass is 10.0. The van der Waals surface area contributed by atoms with Crippen molar-refractivity contribution >= 4 is 9.68 Å². The molecular weight excluding hydrogens is 274 g/mol. The SMILES string of the molecule is CC(C)NC1CCCC1(N[SiH2]C1CCCCC1)NC(C)C. The van der Waals surface area contributed by atoms with Crippen molar-refractivity contribution in [3.63, 3.8) is 0 Å². The van der Waals surface area contributed by atoms with Crippen LogP contribution in [0.4, 0.5) is 0 Å². The Hall–Kier alpha value is 0.0969. The summed E-state index contributed by atoms with van der Waals surface area (Å²) in [6, 6.07) is 1.71. The van der Waals surface area contributed by atoms with Crippen LogP contribution in [-0.2, 0) is 0 Å². The average molecular weight is 312 g/mol. The van der Waals surface area contributed by atoms with Gasteiger partial charge in [-0.3, -0.25) is 5.32 Å². The fourth-order valence-electron chi connectivity index (χ4n) is 4.30. The standard InChI is InChI=1S/C17H37N3Si/c1-13(2)18-16-11-8-12-17(16,19-14(3)4)20-21-15-9-6-5-7-10-15/h13-16,18-20H,5-12,21H2,1-4H3. The zero-order valence-electron chi connectivity index (χ0n) is 14.7. The maximum Gasteiger partial charge on any atom is 0.0968 e. The maximum absolute atomic E-state index is 4.12. The van der Waals surface area contributed by atoms with E-state index >= 15 is 0 Å². The Morgan fingerprint density at radius 3 is 2.24 bits per heavy atom. The molecule has 2 aliphatic rings. The van der Waals surface area contributed by atoms with Crippen molar-refractivity contribution in [2.45, 2.75) is 108 Å². The molecule has 21 heavy (non-hydrogen) atoms. The fraction of sp³-hybridized carbons (Fsp3) is 1.00. The summed E-state index contributed by atoms with van der Waals surface area (Å²) >= 11 is 0. The lowest BCUT2D eigenvalue weighted by Crippen LogP contribution is -2.68. The van der Waals surface area contributed by atoms with Gasteiger partial charge in [0.2, 0.25) is 0 Å². The summed E-state index contributed by atoms with van der Waals surface area (Å²) < 4.78 is 0. The van der Waals surface area contributed by atoms with E-state index in [1.54, 1.807) is 0 Å². The monoisotopic (exact) mass is 311 g/mol. The van der Waals surface area contributed by atoms with Crippen LogP contribution in [0.3, 0.4) is 0 Å². The molecule has 0 aliphatic heterocycles. The first-order valence-electron chi connectivity index (χ1n) is 9.30. The third-order valence-corrected chi connectivity index (χ3v) is 7.40. The molecule has 2 unspecified atom stereocenters. The normalized spacial score (nSPS) is 32.0. The molecule has 2 aliphatic carbocycles. The molecule has 0 amide bonds. The van der Waals surface area contributed by atoms with E-state index in [1.807, 2.05) is 0 Å². The lowest BCUT2D eigenvalue weighted by Gasteiger charge is -2.42. The van der Waals surface area contributed by atoms with Crippen LogP contribution in [0, 0.1) is 0 Å². The first-order valence-corrected chi connectivity index (χ1v) is 10.8. The topological polar surface area (TPSA) is 36.1 Å². The van der Waals surface area contributed by atoms with Gasteiger partial charge in [-0.05, 0) is 38.7 Å². The number of rotatable bonds is 7. The van der Waals surface area contributed by atoms with E-state index in [1.165, 1.54) is 51.4 Å². The molecule has 0 bridgehead atoms. The first-order chi connectivity index (χ1) is 10.0. The third-order valence-electron chi connectivity index (χ3n) is 5.17. The summed E-state index contributed by atoms with van der Waals surface area (Å²) in [5, 5.41) is 7.73.